The number of carbonyl (C=O) groups is 3. The molecule has 3 aromatic rings. The van der Waals surface area contributed by atoms with Gasteiger partial charge in [-0.3, -0.25) is 14.5 Å². The highest BCUT2D eigenvalue weighted by Crippen LogP contribution is 2.35. The number of nitrogens with one attached hydrogen (secondary N) is 2. The third-order valence-corrected chi connectivity index (χ3v) is 7.06. The summed E-state index contributed by atoms with van der Waals surface area (Å²) in [5.41, 5.74) is 1.15. The monoisotopic (exact) mass is 448 g/mol. The molecular formula is C24H24N4O3S. The van der Waals surface area contributed by atoms with Crippen molar-refractivity contribution in [2.75, 3.05) is 11.9 Å². The highest BCUT2D eigenvalue weighted by atomic mass is 32.1. The average Bonchev–Trinajstić information content (AvgIpc) is 3.51. The quantitative estimate of drug-likeness (QED) is 0.542. The summed E-state index contributed by atoms with van der Waals surface area (Å²) in [6.07, 6.45) is 3.96. The average molecular weight is 449 g/mol. The SMILES string of the molecule is O=C(CCCN1C(=O)NC2(CCCC2)C1=O)Nc1nc(-c2cccc3ccccc23)cs1. The Morgan fingerprint density at radius 3 is 2.75 bits per heavy atom. The number of imide groups is 1. The Balaban J connectivity index is 1.18. The van der Waals surface area contributed by atoms with Gasteiger partial charge in [0.1, 0.15) is 5.54 Å². The molecule has 7 nitrogen and oxygen atoms in total. The second-order valence-electron chi connectivity index (χ2n) is 8.39. The lowest BCUT2D eigenvalue weighted by atomic mass is 9.98. The van der Waals surface area contributed by atoms with Gasteiger partial charge in [-0.05, 0) is 30.0 Å². The van der Waals surface area contributed by atoms with E-state index in [0.717, 1.165) is 34.9 Å². The molecule has 0 unspecified atom stereocenters. The zero-order chi connectivity index (χ0) is 22.1. The Kier molecular flexibility index (Phi) is 5.38. The molecule has 5 rings (SSSR count). The van der Waals surface area contributed by atoms with E-state index in [4.69, 9.17) is 0 Å². The highest BCUT2D eigenvalue weighted by Gasteiger charge is 2.52. The van der Waals surface area contributed by atoms with Gasteiger partial charge in [0, 0.05) is 23.9 Å². The number of nitrogens with zero attached hydrogens (tertiary/aromatic N) is 2. The molecule has 1 aliphatic heterocycles. The summed E-state index contributed by atoms with van der Waals surface area (Å²) in [4.78, 5) is 43.2. The van der Waals surface area contributed by atoms with Gasteiger partial charge >= 0.3 is 6.03 Å². The maximum absolute atomic E-state index is 12.7. The minimum atomic E-state index is -0.696. The number of hydrogen-bond donors (Lipinski definition) is 2. The minimum Gasteiger partial charge on any atom is -0.323 e. The molecule has 2 heterocycles. The standard InChI is InChI=1S/C24H24N4O3S/c29-20(11-6-14-28-21(30)24(27-23(28)31)12-3-4-13-24)26-22-25-19(15-32-22)18-10-5-8-16-7-1-2-9-17(16)18/h1-2,5,7-10,15H,3-4,6,11-14H2,(H,27,31)(H,25,26,29). The summed E-state index contributed by atoms with van der Waals surface area (Å²) in [7, 11) is 0. The first-order chi connectivity index (χ1) is 15.6. The van der Waals surface area contributed by atoms with Crippen molar-refractivity contribution < 1.29 is 14.4 Å². The number of amides is 4. The van der Waals surface area contributed by atoms with Crippen molar-refractivity contribution in [3.63, 3.8) is 0 Å². The molecule has 1 saturated carbocycles. The second kappa shape index (κ2) is 8.35. The largest absolute Gasteiger partial charge is 0.325 e. The Hall–Kier alpha value is -3.26. The van der Waals surface area contributed by atoms with Gasteiger partial charge in [-0.25, -0.2) is 9.78 Å². The summed E-state index contributed by atoms with van der Waals surface area (Å²) >= 11 is 1.38. The fraction of sp³-hybridized carbons (Fsp3) is 0.333. The molecular weight excluding hydrogens is 424 g/mol. The minimum absolute atomic E-state index is 0.139. The molecule has 164 valence electrons. The van der Waals surface area contributed by atoms with Crippen molar-refractivity contribution >= 4 is 45.1 Å². The maximum Gasteiger partial charge on any atom is 0.325 e. The van der Waals surface area contributed by atoms with E-state index in [0.29, 0.717) is 24.4 Å². The van der Waals surface area contributed by atoms with Crippen molar-refractivity contribution in [2.45, 2.75) is 44.1 Å². The topological polar surface area (TPSA) is 91.4 Å². The van der Waals surface area contributed by atoms with Gasteiger partial charge in [-0.2, -0.15) is 0 Å². The third-order valence-electron chi connectivity index (χ3n) is 6.30. The Bertz CT molecular complexity index is 1190. The van der Waals surface area contributed by atoms with Gasteiger partial charge in [0.05, 0.1) is 5.69 Å². The molecule has 4 amide bonds. The van der Waals surface area contributed by atoms with Crippen LogP contribution in [0, 0.1) is 0 Å². The number of benzene rings is 2. The molecule has 2 N–H and O–H groups in total. The number of fused-ring (bicyclic) bond motifs is 1. The Morgan fingerprint density at radius 2 is 1.91 bits per heavy atom. The molecule has 1 aliphatic carbocycles. The van der Waals surface area contributed by atoms with Crippen LogP contribution in [0.1, 0.15) is 38.5 Å². The molecule has 0 atom stereocenters. The van der Waals surface area contributed by atoms with Gasteiger partial charge in [-0.1, -0.05) is 55.3 Å². The van der Waals surface area contributed by atoms with Crippen LogP contribution in [-0.2, 0) is 9.59 Å². The van der Waals surface area contributed by atoms with Gasteiger partial charge < -0.3 is 10.6 Å². The molecule has 2 aromatic carbocycles. The molecule has 8 heteroatoms. The number of anilines is 1. The van der Waals surface area contributed by atoms with E-state index in [-0.39, 0.29) is 30.8 Å². The number of carbonyl (C=O) groups excluding carboxylic acids is 3. The lowest BCUT2D eigenvalue weighted by molar-refractivity contribution is -0.131. The van der Waals surface area contributed by atoms with E-state index in [1.54, 1.807) is 0 Å². The zero-order valence-electron chi connectivity index (χ0n) is 17.6. The highest BCUT2D eigenvalue weighted by molar-refractivity contribution is 7.14. The van der Waals surface area contributed by atoms with Crippen LogP contribution in [0.5, 0.6) is 0 Å². The normalized spacial score (nSPS) is 17.3. The van der Waals surface area contributed by atoms with E-state index in [9.17, 15) is 14.4 Å². The molecule has 0 radical (unpaired) electrons. The van der Waals surface area contributed by atoms with Crippen molar-refractivity contribution in [2.24, 2.45) is 0 Å². The predicted molar refractivity (Wildman–Crippen MR) is 124 cm³/mol. The zero-order valence-corrected chi connectivity index (χ0v) is 18.4. The summed E-state index contributed by atoms with van der Waals surface area (Å²) < 4.78 is 0. The third kappa shape index (κ3) is 3.75. The number of thiazole rings is 1. The molecule has 32 heavy (non-hydrogen) atoms. The van der Waals surface area contributed by atoms with E-state index in [2.05, 4.69) is 33.8 Å². The van der Waals surface area contributed by atoms with Crippen LogP contribution in [0.4, 0.5) is 9.93 Å². The smallest absolute Gasteiger partial charge is 0.323 e. The number of rotatable bonds is 6. The summed E-state index contributed by atoms with van der Waals surface area (Å²) in [5.74, 6) is -0.313. The summed E-state index contributed by atoms with van der Waals surface area (Å²) in [5, 5.41) is 10.4. The van der Waals surface area contributed by atoms with Crippen molar-refractivity contribution in [3.8, 4) is 11.3 Å². The van der Waals surface area contributed by atoms with Gasteiger partial charge in [0.2, 0.25) is 5.91 Å². The fourth-order valence-corrected chi connectivity index (χ4v) is 5.41. The van der Waals surface area contributed by atoms with E-state index < -0.39 is 5.54 Å². The lowest BCUT2D eigenvalue weighted by Crippen LogP contribution is -2.44. The summed E-state index contributed by atoms with van der Waals surface area (Å²) in [6.45, 7) is 0.249. The number of aromatic nitrogens is 1. The van der Waals surface area contributed by atoms with Crippen LogP contribution in [0.3, 0.4) is 0 Å². The van der Waals surface area contributed by atoms with Gasteiger partial charge in [0.15, 0.2) is 5.13 Å². The Labute approximate surface area is 189 Å². The van der Waals surface area contributed by atoms with Crippen molar-refractivity contribution in [1.29, 1.82) is 0 Å². The van der Waals surface area contributed by atoms with Gasteiger partial charge in [-0.15, -0.1) is 11.3 Å². The van der Waals surface area contributed by atoms with Crippen LogP contribution >= 0.6 is 11.3 Å². The van der Waals surface area contributed by atoms with E-state index in [1.807, 2.05) is 29.6 Å². The van der Waals surface area contributed by atoms with Crippen molar-refractivity contribution in [3.05, 3.63) is 47.8 Å². The van der Waals surface area contributed by atoms with Crippen molar-refractivity contribution in [1.82, 2.24) is 15.2 Å². The van der Waals surface area contributed by atoms with Gasteiger partial charge in [0.25, 0.3) is 5.91 Å². The second-order valence-corrected chi connectivity index (χ2v) is 9.25. The van der Waals surface area contributed by atoms with Crippen LogP contribution in [0.15, 0.2) is 47.8 Å². The maximum atomic E-state index is 12.7. The fourth-order valence-electron chi connectivity index (χ4n) is 4.68. The first-order valence-corrected chi connectivity index (χ1v) is 11.8. The molecule has 1 spiro atoms. The molecule has 1 saturated heterocycles. The summed E-state index contributed by atoms with van der Waals surface area (Å²) in [6, 6.07) is 13.9. The lowest BCUT2D eigenvalue weighted by Gasteiger charge is -2.19. The number of hydrogen-bond acceptors (Lipinski definition) is 5. The van der Waals surface area contributed by atoms with Crippen LogP contribution in [0.25, 0.3) is 22.0 Å². The molecule has 2 fully saturated rings. The van der Waals surface area contributed by atoms with Crippen LogP contribution < -0.4 is 10.6 Å². The van der Waals surface area contributed by atoms with E-state index in [1.165, 1.54) is 16.2 Å². The Morgan fingerprint density at radius 1 is 1.12 bits per heavy atom. The van der Waals surface area contributed by atoms with Crippen LogP contribution in [0.2, 0.25) is 0 Å². The molecule has 0 bridgehead atoms. The molecule has 2 aliphatic rings. The first kappa shape index (κ1) is 20.6. The predicted octanol–water partition coefficient (Wildman–Crippen LogP) is 4.55. The first-order valence-electron chi connectivity index (χ1n) is 10.9. The number of urea groups is 1. The molecule has 1 aromatic heterocycles. The van der Waals surface area contributed by atoms with E-state index >= 15 is 0 Å². The van der Waals surface area contributed by atoms with Crippen LogP contribution in [-0.4, -0.2) is 39.8 Å².